The molecule has 20 heavy (non-hydrogen) atoms. The summed E-state index contributed by atoms with van der Waals surface area (Å²) >= 11 is 0. The first-order valence-corrected chi connectivity index (χ1v) is 6.68. The molecule has 0 aromatic carbocycles. The zero-order valence-corrected chi connectivity index (χ0v) is 11.4. The third kappa shape index (κ3) is 6.93. The number of carboxylic acid groups (broad SMARTS) is 1. The molecule has 1 heterocycles. The quantitative estimate of drug-likeness (QED) is 0.517. The van der Waals surface area contributed by atoms with Crippen molar-refractivity contribution in [2.75, 3.05) is 39.4 Å². The van der Waals surface area contributed by atoms with E-state index in [-0.39, 0.29) is 32.2 Å². The Kier molecular flexibility index (Phi) is 7.41. The highest BCUT2D eigenvalue weighted by Crippen LogP contribution is 2.08. The van der Waals surface area contributed by atoms with Crippen LogP contribution in [-0.4, -0.2) is 67.3 Å². The SMILES string of the molecule is O=C(O)COCCNC(=O)NCCC(=O)N1CCCC1. The monoisotopic (exact) mass is 287 g/mol. The second-order valence-electron chi connectivity index (χ2n) is 4.47. The molecule has 0 bridgehead atoms. The molecule has 0 aromatic heterocycles. The lowest BCUT2D eigenvalue weighted by Crippen LogP contribution is -2.39. The summed E-state index contributed by atoms with van der Waals surface area (Å²) in [5.74, 6) is -0.984. The van der Waals surface area contributed by atoms with Gasteiger partial charge in [-0.25, -0.2) is 9.59 Å². The first kappa shape index (κ1) is 16.2. The maximum absolute atomic E-state index is 11.7. The molecule has 0 saturated carbocycles. The summed E-state index contributed by atoms with van der Waals surface area (Å²) in [6.45, 7) is 1.88. The third-order valence-corrected chi connectivity index (χ3v) is 2.84. The highest BCUT2D eigenvalue weighted by molar-refractivity contribution is 5.78. The van der Waals surface area contributed by atoms with Crippen LogP contribution < -0.4 is 10.6 Å². The number of urea groups is 1. The number of aliphatic carboxylic acids is 1. The van der Waals surface area contributed by atoms with E-state index in [1.54, 1.807) is 4.90 Å². The summed E-state index contributed by atoms with van der Waals surface area (Å²) in [6.07, 6.45) is 2.40. The topological polar surface area (TPSA) is 108 Å². The molecule has 3 N–H and O–H groups in total. The Morgan fingerprint density at radius 1 is 1.10 bits per heavy atom. The predicted octanol–water partition coefficient (Wildman–Crippen LogP) is -0.601. The van der Waals surface area contributed by atoms with E-state index in [0.717, 1.165) is 25.9 Å². The Morgan fingerprint density at radius 3 is 2.40 bits per heavy atom. The fourth-order valence-electron chi connectivity index (χ4n) is 1.87. The van der Waals surface area contributed by atoms with E-state index in [2.05, 4.69) is 10.6 Å². The minimum Gasteiger partial charge on any atom is -0.480 e. The number of carboxylic acids is 1. The second kappa shape index (κ2) is 9.13. The lowest BCUT2D eigenvalue weighted by atomic mass is 10.3. The van der Waals surface area contributed by atoms with Crippen molar-refractivity contribution in [3.8, 4) is 0 Å². The molecule has 0 atom stereocenters. The molecule has 0 aliphatic carbocycles. The van der Waals surface area contributed by atoms with E-state index in [9.17, 15) is 14.4 Å². The zero-order chi connectivity index (χ0) is 14.8. The van der Waals surface area contributed by atoms with Gasteiger partial charge in [-0.1, -0.05) is 0 Å². The summed E-state index contributed by atoms with van der Waals surface area (Å²) in [4.78, 5) is 34.9. The fourth-order valence-corrected chi connectivity index (χ4v) is 1.87. The molecule has 1 saturated heterocycles. The van der Waals surface area contributed by atoms with Gasteiger partial charge in [0.15, 0.2) is 0 Å². The van der Waals surface area contributed by atoms with Gasteiger partial charge < -0.3 is 25.4 Å². The maximum atomic E-state index is 11.7. The number of hydrogen-bond donors (Lipinski definition) is 3. The summed E-state index contributed by atoms with van der Waals surface area (Å²) in [7, 11) is 0. The average molecular weight is 287 g/mol. The van der Waals surface area contributed by atoms with Gasteiger partial charge in [-0.15, -0.1) is 0 Å². The lowest BCUT2D eigenvalue weighted by molar-refractivity contribution is -0.142. The largest absolute Gasteiger partial charge is 0.480 e. The van der Waals surface area contributed by atoms with Crippen molar-refractivity contribution in [1.82, 2.24) is 15.5 Å². The van der Waals surface area contributed by atoms with Crippen molar-refractivity contribution in [2.45, 2.75) is 19.3 Å². The van der Waals surface area contributed by atoms with E-state index in [1.807, 2.05) is 0 Å². The maximum Gasteiger partial charge on any atom is 0.329 e. The number of nitrogens with zero attached hydrogens (tertiary/aromatic N) is 1. The fraction of sp³-hybridized carbons (Fsp3) is 0.750. The molecule has 0 aromatic rings. The van der Waals surface area contributed by atoms with Gasteiger partial charge in [-0.2, -0.15) is 0 Å². The normalized spacial score (nSPS) is 14.1. The van der Waals surface area contributed by atoms with Gasteiger partial charge in [0, 0.05) is 32.6 Å². The summed E-state index contributed by atoms with van der Waals surface area (Å²) < 4.78 is 4.75. The van der Waals surface area contributed by atoms with Crippen molar-refractivity contribution in [3.63, 3.8) is 0 Å². The molecule has 1 fully saturated rings. The minimum absolute atomic E-state index is 0.0626. The van der Waals surface area contributed by atoms with Crippen LogP contribution in [-0.2, 0) is 14.3 Å². The highest BCUT2D eigenvalue weighted by atomic mass is 16.5. The predicted molar refractivity (Wildman–Crippen MR) is 70.3 cm³/mol. The number of carbonyl (C=O) groups is 3. The van der Waals surface area contributed by atoms with Gasteiger partial charge in [0.05, 0.1) is 6.61 Å². The molecular formula is C12H21N3O5. The number of rotatable bonds is 8. The first-order valence-electron chi connectivity index (χ1n) is 6.68. The Hall–Kier alpha value is -1.83. The van der Waals surface area contributed by atoms with Crippen molar-refractivity contribution in [3.05, 3.63) is 0 Å². The van der Waals surface area contributed by atoms with Crippen molar-refractivity contribution in [1.29, 1.82) is 0 Å². The van der Waals surface area contributed by atoms with Gasteiger partial charge in [-0.05, 0) is 12.8 Å². The Balaban J connectivity index is 1.96. The van der Waals surface area contributed by atoms with Gasteiger partial charge >= 0.3 is 12.0 Å². The molecule has 0 spiro atoms. The van der Waals surface area contributed by atoms with Crippen molar-refractivity contribution >= 4 is 17.9 Å². The third-order valence-electron chi connectivity index (χ3n) is 2.84. The highest BCUT2D eigenvalue weighted by Gasteiger charge is 2.17. The van der Waals surface area contributed by atoms with Crippen LogP contribution in [0.25, 0.3) is 0 Å². The van der Waals surface area contributed by atoms with Crippen LogP contribution in [0.2, 0.25) is 0 Å². The zero-order valence-electron chi connectivity index (χ0n) is 11.4. The summed E-state index contributed by atoms with van der Waals surface area (Å²) in [5, 5.41) is 13.4. The van der Waals surface area contributed by atoms with Crippen LogP contribution in [0.1, 0.15) is 19.3 Å². The molecule has 114 valence electrons. The number of amides is 3. The molecule has 3 amide bonds. The van der Waals surface area contributed by atoms with Gasteiger partial charge in [-0.3, -0.25) is 4.79 Å². The molecule has 1 aliphatic rings. The molecule has 1 rings (SSSR count). The number of nitrogens with one attached hydrogen (secondary N) is 2. The van der Waals surface area contributed by atoms with E-state index in [1.165, 1.54) is 0 Å². The number of ether oxygens (including phenoxy) is 1. The lowest BCUT2D eigenvalue weighted by Gasteiger charge is -2.15. The average Bonchev–Trinajstić information content (AvgIpc) is 2.91. The van der Waals surface area contributed by atoms with Crippen LogP contribution in [0.3, 0.4) is 0 Å². The Bertz CT molecular complexity index is 342. The summed E-state index contributed by atoms with van der Waals surface area (Å²) in [5.41, 5.74) is 0. The molecule has 1 aliphatic heterocycles. The second-order valence-corrected chi connectivity index (χ2v) is 4.47. The molecule has 8 heteroatoms. The van der Waals surface area contributed by atoms with Gasteiger partial charge in [0.25, 0.3) is 0 Å². The standard InChI is InChI=1S/C12H21N3O5/c16-10(15-6-1-2-7-15)3-4-13-12(19)14-5-8-20-9-11(17)18/h1-9H2,(H,17,18)(H2,13,14,19). The van der Waals surface area contributed by atoms with Crippen LogP contribution >= 0.6 is 0 Å². The van der Waals surface area contributed by atoms with Crippen LogP contribution in [0.15, 0.2) is 0 Å². The number of hydrogen-bond acceptors (Lipinski definition) is 4. The van der Waals surface area contributed by atoms with Crippen molar-refractivity contribution in [2.24, 2.45) is 0 Å². The van der Waals surface area contributed by atoms with Crippen molar-refractivity contribution < 1.29 is 24.2 Å². The number of carbonyl (C=O) groups excluding carboxylic acids is 2. The molecular weight excluding hydrogens is 266 g/mol. The van der Waals surface area contributed by atoms with Gasteiger partial charge in [0.2, 0.25) is 5.91 Å². The van der Waals surface area contributed by atoms with E-state index in [4.69, 9.17) is 9.84 Å². The van der Waals surface area contributed by atoms with E-state index >= 15 is 0 Å². The Morgan fingerprint density at radius 2 is 1.75 bits per heavy atom. The van der Waals surface area contributed by atoms with Gasteiger partial charge in [0.1, 0.15) is 6.61 Å². The smallest absolute Gasteiger partial charge is 0.329 e. The van der Waals surface area contributed by atoms with Crippen LogP contribution in [0.5, 0.6) is 0 Å². The summed E-state index contributed by atoms with van der Waals surface area (Å²) in [6, 6.07) is -0.391. The Labute approximate surface area is 117 Å². The van der Waals surface area contributed by atoms with Crippen LogP contribution in [0.4, 0.5) is 4.79 Å². The van der Waals surface area contributed by atoms with E-state index in [0.29, 0.717) is 6.42 Å². The molecule has 0 unspecified atom stereocenters. The first-order chi connectivity index (χ1) is 9.59. The molecule has 8 nitrogen and oxygen atoms in total. The van der Waals surface area contributed by atoms with Crippen LogP contribution in [0, 0.1) is 0 Å². The number of likely N-dealkylation sites (tertiary alicyclic amines) is 1. The van der Waals surface area contributed by atoms with E-state index < -0.39 is 12.0 Å². The minimum atomic E-state index is -1.05. The molecule has 0 radical (unpaired) electrons.